The van der Waals surface area contributed by atoms with Crippen LogP contribution in [-0.4, -0.2) is 101 Å². The molecular formula is C62H80N7O10P. The fraction of sp³-hybridized carbons (Fsp3) is 0.484. The van der Waals surface area contributed by atoms with Gasteiger partial charge in [0.15, 0.2) is 0 Å². The lowest BCUT2D eigenvalue weighted by molar-refractivity contribution is -0.289. The Labute approximate surface area is 472 Å². The molecule has 18 heteroatoms. The second kappa shape index (κ2) is 26.2. The molecule has 0 amide bonds. The van der Waals surface area contributed by atoms with Crippen molar-refractivity contribution in [1.29, 1.82) is 5.26 Å². The van der Waals surface area contributed by atoms with Crippen LogP contribution in [0.2, 0.25) is 0 Å². The molecule has 2 aliphatic heterocycles. The first kappa shape index (κ1) is 59.9. The van der Waals surface area contributed by atoms with Crippen LogP contribution < -0.4 is 31.0 Å². The van der Waals surface area contributed by atoms with Crippen molar-refractivity contribution in [3.63, 3.8) is 0 Å². The van der Waals surface area contributed by atoms with E-state index >= 15 is 0 Å². The molecule has 4 aromatic carbocycles. The van der Waals surface area contributed by atoms with Gasteiger partial charge in [0.1, 0.15) is 40.8 Å². The van der Waals surface area contributed by atoms with Gasteiger partial charge in [-0.3, -0.25) is 9.40 Å². The van der Waals surface area contributed by atoms with Crippen LogP contribution >= 0.6 is 8.53 Å². The SMILES string of the molecule is CCN(CC)c1ccc2c(CON3C(C)(C)CC(Nc4ccn([C@H]5C[C@H](OP(OCCC#N)N(C(C)C)C(C)C)[C@@H](COC(c6ccccc6)(c6ccc(OC)cc6)c6ccc(OC)cc6)O5)c(=O)n4)CC3(C)C)cc(=O)oc2c1. The molecule has 0 saturated carbocycles. The summed E-state index contributed by atoms with van der Waals surface area (Å²) in [5, 5.41) is 16.0. The number of nitrogens with zero attached hydrogens (tertiary/aromatic N) is 6. The molecule has 0 radical (unpaired) electrons. The molecular weight excluding hydrogens is 1030 g/mol. The molecule has 2 aromatic heterocycles. The largest absolute Gasteiger partial charge is 0.497 e. The van der Waals surface area contributed by atoms with Gasteiger partial charge in [0.05, 0.1) is 52.6 Å². The van der Waals surface area contributed by atoms with E-state index < -0.39 is 55.0 Å². The van der Waals surface area contributed by atoms with Crippen LogP contribution in [0.25, 0.3) is 11.0 Å². The minimum atomic E-state index is -1.72. The van der Waals surface area contributed by atoms with Crippen molar-refractivity contribution in [2.24, 2.45) is 0 Å². The maximum Gasteiger partial charge on any atom is 0.351 e. The molecule has 2 fully saturated rings. The topological polar surface area (TPSA) is 175 Å². The Morgan fingerprint density at radius 1 is 0.838 bits per heavy atom. The maximum absolute atomic E-state index is 14.4. The second-order valence-electron chi connectivity index (χ2n) is 22.3. The normalized spacial score (nSPS) is 18.9. The zero-order chi connectivity index (χ0) is 57.4. The Hall–Kier alpha value is -6.19. The molecule has 0 bridgehead atoms. The Balaban J connectivity index is 1.05. The molecule has 0 spiro atoms. The number of ether oxygens (including phenoxy) is 4. The first-order chi connectivity index (χ1) is 38.3. The summed E-state index contributed by atoms with van der Waals surface area (Å²) in [5.74, 6) is 1.84. The number of nitriles is 1. The number of hydrogen-bond acceptors (Lipinski definition) is 16. The zero-order valence-electron chi connectivity index (χ0n) is 48.5. The van der Waals surface area contributed by atoms with E-state index in [9.17, 15) is 14.9 Å². The molecule has 2 saturated heterocycles. The highest BCUT2D eigenvalue weighted by atomic mass is 31.2. The third kappa shape index (κ3) is 13.4. The summed E-state index contributed by atoms with van der Waals surface area (Å²) < 4.78 is 48.5. The van der Waals surface area contributed by atoms with Gasteiger partial charge in [0, 0.05) is 78.1 Å². The molecule has 428 valence electrons. The van der Waals surface area contributed by atoms with Gasteiger partial charge in [-0.1, -0.05) is 54.6 Å². The standard InChI is InChI=1S/C62H80N7O10P/c1-13-66(14-2)49-25-30-52-44(35-58(70)78-53(52)36-49)40-75-69-60(7,8)38-48(39-61(69,9)10)64-56-31-33-67(59(71)65-56)57-37-54(79-80(76-34-18-32-63)68(42(3)4)43(5)6)55(77-57)41-74-62(45-19-16-15-17-20-45,46-21-26-50(72-11)27-22-46)47-23-28-51(73-12)29-24-47/h15-17,19-31,33,35-36,42-43,48,54-55,57H,13-14,18,34,37-41H2,1-12H3,(H,64,65,71)/t54-,55+,57+,80?/m0/s1. The van der Waals surface area contributed by atoms with Gasteiger partial charge in [-0.25, -0.2) is 14.3 Å². The van der Waals surface area contributed by atoms with Crippen molar-refractivity contribution < 1.29 is 37.2 Å². The minimum absolute atomic E-state index is 0.0316. The van der Waals surface area contributed by atoms with Crippen LogP contribution in [0.1, 0.15) is 123 Å². The van der Waals surface area contributed by atoms with E-state index in [1.54, 1.807) is 20.4 Å². The summed E-state index contributed by atoms with van der Waals surface area (Å²) in [5.41, 5.74) is 1.84. The van der Waals surface area contributed by atoms with Gasteiger partial charge in [-0.2, -0.15) is 15.3 Å². The third-order valence-electron chi connectivity index (χ3n) is 15.1. The van der Waals surface area contributed by atoms with E-state index in [1.807, 2.05) is 102 Å². The number of hydroxylamine groups is 2. The van der Waals surface area contributed by atoms with Crippen LogP contribution in [0.15, 0.2) is 129 Å². The fourth-order valence-corrected chi connectivity index (χ4v) is 13.5. The molecule has 8 rings (SSSR count). The zero-order valence-corrected chi connectivity index (χ0v) is 49.4. The molecule has 17 nitrogen and oxygen atoms in total. The first-order valence-electron chi connectivity index (χ1n) is 27.8. The van der Waals surface area contributed by atoms with Crippen molar-refractivity contribution in [1.82, 2.24) is 19.3 Å². The summed E-state index contributed by atoms with van der Waals surface area (Å²) >= 11 is 0. The number of rotatable bonds is 25. The molecule has 6 aromatic rings. The Kier molecular flexibility index (Phi) is 19.6. The maximum atomic E-state index is 14.4. The van der Waals surface area contributed by atoms with Gasteiger partial charge in [0.2, 0.25) is 0 Å². The Bertz CT molecular complexity index is 3070. The van der Waals surface area contributed by atoms with Crippen molar-refractivity contribution in [3.05, 3.63) is 159 Å². The van der Waals surface area contributed by atoms with E-state index in [4.69, 9.17) is 37.2 Å². The van der Waals surface area contributed by atoms with Crippen molar-refractivity contribution in [2.45, 2.75) is 155 Å². The quantitative estimate of drug-likeness (QED) is 0.0248. The third-order valence-corrected chi connectivity index (χ3v) is 17.2. The lowest BCUT2D eigenvalue weighted by Crippen LogP contribution is -2.62. The molecule has 80 heavy (non-hydrogen) atoms. The highest BCUT2D eigenvalue weighted by molar-refractivity contribution is 7.44. The predicted molar refractivity (Wildman–Crippen MR) is 313 cm³/mol. The summed E-state index contributed by atoms with van der Waals surface area (Å²) in [7, 11) is 1.56. The van der Waals surface area contributed by atoms with Gasteiger partial charge in [0.25, 0.3) is 8.53 Å². The van der Waals surface area contributed by atoms with E-state index in [0.717, 1.165) is 46.4 Å². The van der Waals surface area contributed by atoms with E-state index in [2.05, 4.69) is 101 Å². The van der Waals surface area contributed by atoms with Gasteiger partial charge < -0.3 is 42.6 Å². The fourth-order valence-electron chi connectivity index (χ4n) is 11.7. The van der Waals surface area contributed by atoms with Crippen LogP contribution in [0.5, 0.6) is 11.5 Å². The summed E-state index contributed by atoms with van der Waals surface area (Å²) in [6.45, 7) is 23.2. The first-order valence-corrected chi connectivity index (χ1v) is 29.0. The summed E-state index contributed by atoms with van der Waals surface area (Å²) in [6, 6.07) is 37.3. The molecule has 4 heterocycles. The Morgan fingerprint density at radius 2 is 1.45 bits per heavy atom. The molecule has 1 unspecified atom stereocenters. The molecule has 1 N–H and O–H groups in total. The van der Waals surface area contributed by atoms with Crippen LogP contribution in [-0.2, 0) is 35.6 Å². The predicted octanol–water partition coefficient (Wildman–Crippen LogP) is 11.7. The van der Waals surface area contributed by atoms with Crippen molar-refractivity contribution >= 4 is 31.0 Å². The second-order valence-corrected chi connectivity index (χ2v) is 23.7. The smallest absolute Gasteiger partial charge is 0.351 e. The van der Waals surface area contributed by atoms with Crippen LogP contribution in [0.3, 0.4) is 0 Å². The Morgan fingerprint density at radius 3 is 2.01 bits per heavy atom. The summed E-state index contributed by atoms with van der Waals surface area (Å²) in [4.78, 5) is 40.7. The van der Waals surface area contributed by atoms with E-state index in [1.165, 1.54) is 10.6 Å². The van der Waals surface area contributed by atoms with E-state index in [0.29, 0.717) is 35.7 Å². The molecule has 0 aliphatic carbocycles. The number of aromatic nitrogens is 2. The molecule has 2 aliphatic rings. The number of piperidine rings is 1. The minimum Gasteiger partial charge on any atom is -0.497 e. The number of fused-ring (bicyclic) bond motifs is 1. The van der Waals surface area contributed by atoms with Crippen molar-refractivity contribution in [3.8, 4) is 17.6 Å². The number of methoxy groups -OCH3 is 2. The number of hydrogen-bond donors (Lipinski definition) is 1. The van der Waals surface area contributed by atoms with Gasteiger partial charge in [-0.05, 0) is 147 Å². The van der Waals surface area contributed by atoms with Gasteiger partial charge >= 0.3 is 11.3 Å². The monoisotopic (exact) mass is 1110 g/mol. The summed E-state index contributed by atoms with van der Waals surface area (Å²) in [6.07, 6.45) is 1.41. The van der Waals surface area contributed by atoms with Gasteiger partial charge in [-0.15, -0.1) is 0 Å². The van der Waals surface area contributed by atoms with Crippen molar-refractivity contribution in [2.75, 3.05) is 50.7 Å². The lowest BCUT2D eigenvalue weighted by Gasteiger charge is -2.54. The highest BCUT2D eigenvalue weighted by Gasteiger charge is 2.48. The number of nitrogens with one attached hydrogen (secondary N) is 1. The van der Waals surface area contributed by atoms with Crippen LogP contribution in [0.4, 0.5) is 11.5 Å². The lowest BCUT2D eigenvalue weighted by atomic mass is 9.79. The average Bonchev–Trinajstić information content (AvgIpc) is 3.83. The highest BCUT2D eigenvalue weighted by Crippen LogP contribution is 2.51. The number of anilines is 2. The van der Waals surface area contributed by atoms with Crippen LogP contribution in [0, 0.1) is 11.3 Å². The average molecular weight is 1110 g/mol. The number of benzene rings is 4. The van der Waals surface area contributed by atoms with E-state index in [-0.39, 0.29) is 50.8 Å². The molecule has 4 atom stereocenters.